The summed E-state index contributed by atoms with van der Waals surface area (Å²) in [5.41, 5.74) is 9.25. The van der Waals surface area contributed by atoms with Crippen LogP contribution < -0.4 is 11.1 Å². The lowest BCUT2D eigenvalue weighted by Gasteiger charge is -2.26. The molecule has 1 amide bonds. The van der Waals surface area contributed by atoms with Crippen LogP contribution in [0.5, 0.6) is 0 Å². The molecular formula is C19H21N5O. The minimum atomic E-state index is -0.130. The molecule has 1 aliphatic rings. The third-order valence-corrected chi connectivity index (χ3v) is 4.88. The number of hydrogen-bond acceptors (Lipinski definition) is 4. The second-order valence-corrected chi connectivity index (χ2v) is 6.66. The SMILES string of the molecule is N[C@H]1CC[C@@H](NC(=O)c2n[nH]c3ccc(-c4cccnc4)cc23)CC1. The molecule has 0 bridgehead atoms. The normalized spacial score (nSPS) is 20.5. The molecule has 0 saturated heterocycles. The number of hydrogen-bond donors (Lipinski definition) is 3. The van der Waals surface area contributed by atoms with E-state index < -0.39 is 0 Å². The molecule has 25 heavy (non-hydrogen) atoms. The van der Waals surface area contributed by atoms with Crippen molar-refractivity contribution in [3.8, 4) is 11.1 Å². The molecule has 3 aromatic rings. The molecule has 0 atom stereocenters. The van der Waals surface area contributed by atoms with Gasteiger partial charge in [0, 0.05) is 35.4 Å². The summed E-state index contributed by atoms with van der Waals surface area (Å²) in [7, 11) is 0. The van der Waals surface area contributed by atoms with Crippen molar-refractivity contribution in [3.63, 3.8) is 0 Å². The van der Waals surface area contributed by atoms with Gasteiger partial charge in [0.2, 0.25) is 0 Å². The van der Waals surface area contributed by atoms with Gasteiger partial charge in [-0.25, -0.2) is 0 Å². The first kappa shape index (κ1) is 15.8. The lowest BCUT2D eigenvalue weighted by molar-refractivity contribution is 0.0922. The first-order valence-corrected chi connectivity index (χ1v) is 8.65. The quantitative estimate of drug-likeness (QED) is 0.685. The van der Waals surface area contributed by atoms with Crippen LogP contribution in [0.1, 0.15) is 36.2 Å². The molecule has 6 heteroatoms. The van der Waals surface area contributed by atoms with Gasteiger partial charge in [0.25, 0.3) is 5.91 Å². The number of aromatic nitrogens is 3. The van der Waals surface area contributed by atoms with Crippen LogP contribution >= 0.6 is 0 Å². The van der Waals surface area contributed by atoms with Crippen molar-refractivity contribution in [2.45, 2.75) is 37.8 Å². The number of nitrogens with zero attached hydrogens (tertiary/aromatic N) is 2. The van der Waals surface area contributed by atoms with Crippen molar-refractivity contribution >= 4 is 16.8 Å². The first-order chi connectivity index (χ1) is 12.2. The fourth-order valence-corrected chi connectivity index (χ4v) is 3.42. The molecule has 6 nitrogen and oxygen atoms in total. The summed E-state index contributed by atoms with van der Waals surface area (Å²) in [6, 6.07) is 10.3. The number of benzene rings is 1. The Labute approximate surface area is 145 Å². The number of carbonyl (C=O) groups excluding carboxylic acids is 1. The number of nitrogens with two attached hydrogens (primary N) is 1. The van der Waals surface area contributed by atoms with Crippen LogP contribution in [-0.2, 0) is 0 Å². The zero-order chi connectivity index (χ0) is 17.2. The summed E-state index contributed by atoms with van der Waals surface area (Å²) in [5, 5.41) is 11.1. The van der Waals surface area contributed by atoms with Gasteiger partial charge in [-0.1, -0.05) is 12.1 Å². The van der Waals surface area contributed by atoms with E-state index in [4.69, 9.17) is 5.73 Å². The molecule has 2 aromatic heterocycles. The monoisotopic (exact) mass is 335 g/mol. The number of H-pyrrole nitrogens is 1. The van der Waals surface area contributed by atoms with E-state index >= 15 is 0 Å². The van der Waals surface area contributed by atoms with Crippen LogP contribution in [-0.4, -0.2) is 33.2 Å². The molecule has 1 aromatic carbocycles. The van der Waals surface area contributed by atoms with E-state index in [1.807, 2.05) is 36.5 Å². The highest BCUT2D eigenvalue weighted by molar-refractivity contribution is 6.05. The Kier molecular flexibility index (Phi) is 4.19. The van der Waals surface area contributed by atoms with Crippen LogP contribution in [0.4, 0.5) is 0 Å². The van der Waals surface area contributed by atoms with Gasteiger partial charge in [-0.2, -0.15) is 5.10 Å². The van der Waals surface area contributed by atoms with Gasteiger partial charge < -0.3 is 11.1 Å². The number of carbonyl (C=O) groups is 1. The number of nitrogens with one attached hydrogen (secondary N) is 2. The molecule has 0 radical (unpaired) electrons. The summed E-state index contributed by atoms with van der Waals surface area (Å²) in [5.74, 6) is -0.130. The van der Waals surface area contributed by atoms with Crippen LogP contribution in [0.2, 0.25) is 0 Å². The van der Waals surface area contributed by atoms with Crippen molar-refractivity contribution in [2.24, 2.45) is 5.73 Å². The van der Waals surface area contributed by atoms with E-state index in [9.17, 15) is 4.79 Å². The maximum atomic E-state index is 12.7. The molecule has 128 valence electrons. The minimum absolute atomic E-state index is 0.130. The number of fused-ring (bicyclic) bond motifs is 1. The molecule has 0 aliphatic heterocycles. The van der Waals surface area contributed by atoms with Crippen molar-refractivity contribution in [1.29, 1.82) is 0 Å². The smallest absolute Gasteiger partial charge is 0.272 e. The molecule has 1 saturated carbocycles. The van der Waals surface area contributed by atoms with Crippen molar-refractivity contribution in [3.05, 3.63) is 48.4 Å². The zero-order valence-corrected chi connectivity index (χ0v) is 13.9. The summed E-state index contributed by atoms with van der Waals surface area (Å²) in [6.45, 7) is 0. The van der Waals surface area contributed by atoms with Crippen LogP contribution in [0.15, 0.2) is 42.7 Å². The fourth-order valence-electron chi connectivity index (χ4n) is 3.42. The first-order valence-electron chi connectivity index (χ1n) is 8.65. The van der Waals surface area contributed by atoms with E-state index in [-0.39, 0.29) is 18.0 Å². The maximum Gasteiger partial charge on any atom is 0.272 e. The molecule has 1 aliphatic carbocycles. The Morgan fingerprint density at radius 1 is 1.16 bits per heavy atom. The zero-order valence-electron chi connectivity index (χ0n) is 13.9. The number of amides is 1. The molecule has 0 unspecified atom stereocenters. The predicted molar refractivity (Wildman–Crippen MR) is 97.0 cm³/mol. The largest absolute Gasteiger partial charge is 0.348 e. The van der Waals surface area contributed by atoms with Crippen LogP contribution in [0.25, 0.3) is 22.0 Å². The predicted octanol–water partition coefficient (Wildman–Crippen LogP) is 2.62. The summed E-state index contributed by atoms with van der Waals surface area (Å²) in [6.07, 6.45) is 7.32. The molecule has 1 fully saturated rings. The van der Waals surface area contributed by atoms with E-state index in [0.29, 0.717) is 5.69 Å². The third kappa shape index (κ3) is 3.25. The molecule has 4 rings (SSSR count). The Morgan fingerprint density at radius 3 is 2.76 bits per heavy atom. The Morgan fingerprint density at radius 2 is 2.00 bits per heavy atom. The lowest BCUT2D eigenvalue weighted by Crippen LogP contribution is -2.40. The standard InChI is InChI=1S/C19H21N5O/c20-14-4-6-15(7-5-14)22-19(25)18-16-10-12(3-8-17(16)23-24-18)13-2-1-9-21-11-13/h1-3,8-11,14-15H,4-7,20H2,(H,22,25)(H,23,24)/t14-,15+. The number of pyridine rings is 1. The van der Waals surface area contributed by atoms with Gasteiger partial charge in [-0.3, -0.25) is 14.9 Å². The van der Waals surface area contributed by atoms with Gasteiger partial charge in [0.1, 0.15) is 0 Å². The molecular weight excluding hydrogens is 314 g/mol. The van der Waals surface area contributed by atoms with Gasteiger partial charge in [0.15, 0.2) is 5.69 Å². The second kappa shape index (κ2) is 6.64. The topological polar surface area (TPSA) is 96.7 Å². The average molecular weight is 335 g/mol. The lowest BCUT2D eigenvalue weighted by atomic mass is 9.92. The Balaban J connectivity index is 1.60. The van der Waals surface area contributed by atoms with Crippen LogP contribution in [0.3, 0.4) is 0 Å². The summed E-state index contributed by atoms with van der Waals surface area (Å²) >= 11 is 0. The maximum absolute atomic E-state index is 12.7. The van der Waals surface area contributed by atoms with Gasteiger partial charge in [0.05, 0.1) is 5.52 Å². The van der Waals surface area contributed by atoms with Crippen molar-refractivity contribution < 1.29 is 4.79 Å². The second-order valence-electron chi connectivity index (χ2n) is 6.66. The number of aromatic amines is 1. The Hall–Kier alpha value is -2.73. The molecule has 4 N–H and O–H groups in total. The molecule has 0 spiro atoms. The van der Waals surface area contributed by atoms with E-state index in [0.717, 1.165) is 47.7 Å². The minimum Gasteiger partial charge on any atom is -0.348 e. The van der Waals surface area contributed by atoms with Gasteiger partial charge >= 0.3 is 0 Å². The summed E-state index contributed by atoms with van der Waals surface area (Å²) in [4.78, 5) is 16.8. The highest BCUT2D eigenvalue weighted by atomic mass is 16.2. The van der Waals surface area contributed by atoms with Gasteiger partial charge in [-0.05, 0) is 49.4 Å². The van der Waals surface area contributed by atoms with E-state index in [1.165, 1.54) is 0 Å². The van der Waals surface area contributed by atoms with E-state index in [2.05, 4.69) is 20.5 Å². The summed E-state index contributed by atoms with van der Waals surface area (Å²) < 4.78 is 0. The van der Waals surface area contributed by atoms with Crippen LogP contribution in [0, 0.1) is 0 Å². The van der Waals surface area contributed by atoms with Crippen molar-refractivity contribution in [2.75, 3.05) is 0 Å². The average Bonchev–Trinajstić information content (AvgIpc) is 3.07. The van der Waals surface area contributed by atoms with Gasteiger partial charge in [-0.15, -0.1) is 0 Å². The highest BCUT2D eigenvalue weighted by Crippen LogP contribution is 2.25. The molecule has 2 heterocycles. The van der Waals surface area contributed by atoms with E-state index in [1.54, 1.807) is 6.20 Å². The third-order valence-electron chi connectivity index (χ3n) is 4.88. The fraction of sp³-hybridized carbons (Fsp3) is 0.316. The Bertz CT molecular complexity index is 881. The highest BCUT2D eigenvalue weighted by Gasteiger charge is 2.22. The van der Waals surface area contributed by atoms with Crippen molar-refractivity contribution in [1.82, 2.24) is 20.5 Å². The number of rotatable bonds is 3.